The van der Waals surface area contributed by atoms with Gasteiger partial charge in [-0.05, 0) is 13.1 Å². The molecule has 0 radical (unpaired) electrons. The van der Waals surface area contributed by atoms with E-state index in [4.69, 9.17) is 4.80 Å². The van der Waals surface area contributed by atoms with Gasteiger partial charge in [0, 0.05) is 0 Å². The second-order valence-electron chi connectivity index (χ2n) is 1.09. The van der Waals surface area contributed by atoms with E-state index in [-0.39, 0.29) is 1.43 Å². The van der Waals surface area contributed by atoms with E-state index in [0.29, 0.717) is 0 Å². The lowest BCUT2D eigenvalue weighted by Crippen LogP contribution is -1.93. The first-order valence-corrected chi connectivity index (χ1v) is 4.24. The van der Waals surface area contributed by atoms with Crippen LogP contribution in [0.4, 0.5) is 0 Å². The Kier molecular flexibility index (Phi) is 1.56. The summed E-state index contributed by atoms with van der Waals surface area (Å²) in [4.78, 5) is 8.19. The Balaban J connectivity index is 0. The van der Waals surface area contributed by atoms with Gasteiger partial charge >= 0.3 is 1.43 Å². The lowest BCUT2D eigenvalue weighted by Gasteiger charge is -1.76. The summed E-state index contributed by atoms with van der Waals surface area (Å²) in [6.45, 7) is 3.72. The normalized spacial score (nSPS) is 9.00. The van der Waals surface area contributed by atoms with Crippen molar-refractivity contribution in [1.82, 2.24) is 0 Å². The molecule has 0 saturated carbocycles. The van der Waals surface area contributed by atoms with Gasteiger partial charge in [-0.25, -0.2) is 0 Å². The fourth-order valence-electron chi connectivity index (χ4n) is 0. The lowest BCUT2D eigenvalue weighted by molar-refractivity contribution is 0.587. The summed E-state index contributed by atoms with van der Waals surface area (Å²) < 4.78 is 0. The predicted octanol–water partition coefficient (Wildman–Crippen LogP) is 0.0746. The minimum atomic E-state index is -1.14. The molecule has 0 spiro atoms. The van der Waals surface area contributed by atoms with Crippen LogP contribution in [0.2, 0.25) is 13.1 Å². The maximum absolute atomic E-state index is 8.19. The first kappa shape index (κ1) is 4.18. The molecule has 0 aliphatic carbocycles. The first-order valence-electron chi connectivity index (χ1n) is 1.41. The Hall–Kier alpha value is 0.177. The largest absolute Gasteiger partial charge is 1.00 e. The molecule has 0 saturated heterocycles. The Bertz CT molecular complexity index is 14.4. The molecule has 2 heteroatoms. The third kappa shape index (κ3) is 96.4. The summed E-state index contributed by atoms with van der Waals surface area (Å²) in [6.07, 6.45) is 0. The van der Waals surface area contributed by atoms with E-state index in [1.165, 1.54) is 0 Å². The van der Waals surface area contributed by atoms with Crippen LogP contribution in [0.5, 0.6) is 0 Å². The average Bonchev–Trinajstić information content (AvgIpc) is 0.811. The lowest BCUT2D eigenvalue weighted by atomic mass is 11.9. The fourth-order valence-corrected chi connectivity index (χ4v) is 0. The minimum absolute atomic E-state index is 0. The summed E-state index contributed by atoms with van der Waals surface area (Å²) in [5.41, 5.74) is 0. The molecule has 0 aromatic rings. The zero-order chi connectivity index (χ0) is 3.58. The molecule has 0 aromatic heterocycles. The van der Waals surface area contributed by atoms with Crippen molar-refractivity contribution < 1.29 is 6.22 Å². The highest BCUT2D eigenvalue weighted by Crippen LogP contribution is 1.60. The van der Waals surface area contributed by atoms with E-state index in [1.54, 1.807) is 0 Å². The summed E-state index contributed by atoms with van der Waals surface area (Å²) in [6, 6.07) is 0. The van der Waals surface area contributed by atoms with Crippen LogP contribution in [0, 0.1) is 0 Å². The van der Waals surface area contributed by atoms with Gasteiger partial charge in [0.2, 0.25) is 0 Å². The smallest absolute Gasteiger partial charge is 0.435 e. The van der Waals surface area contributed by atoms with Gasteiger partial charge in [-0.2, -0.15) is 0 Å². The molecule has 1 nitrogen and oxygen atoms in total. The topological polar surface area (TPSA) is 20.2 Å². The molecule has 0 bridgehead atoms. The van der Waals surface area contributed by atoms with Crippen molar-refractivity contribution in [3.05, 3.63) is 0 Å². The summed E-state index contributed by atoms with van der Waals surface area (Å²) in [7, 11) is -1.14. The molecule has 0 atom stereocenters. The van der Waals surface area contributed by atoms with E-state index >= 15 is 0 Å². The van der Waals surface area contributed by atoms with Crippen LogP contribution in [-0.4, -0.2) is 13.8 Å². The highest BCUT2D eigenvalue weighted by Gasteiger charge is 1.74. The molecule has 0 heterocycles. The minimum Gasteiger partial charge on any atom is -0.435 e. The fraction of sp³-hybridized carbons (Fsp3) is 1.00. The van der Waals surface area contributed by atoms with Crippen LogP contribution < -0.4 is 0 Å². The van der Waals surface area contributed by atoms with Crippen LogP contribution in [0.15, 0.2) is 0 Å². The molecule has 0 amide bonds. The Morgan fingerprint density at radius 2 is 1.75 bits per heavy atom. The van der Waals surface area contributed by atoms with E-state index in [1.807, 2.05) is 13.1 Å². The van der Waals surface area contributed by atoms with Gasteiger partial charge in [0.05, 0.1) is 0 Å². The quantitative estimate of drug-likeness (QED) is 0.406. The second kappa shape index (κ2) is 1.49. The maximum atomic E-state index is 8.19. The maximum Gasteiger partial charge on any atom is 1.00 e. The van der Waals surface area contributed by atoms with Crippen molar-refractivity contribution in [2.24, 2.45) is 0 Å². The summed E-state index contributed by atoms with van der Waals surface area (Å²) in [5.74, 6) is 0. The van der Waals surface area contributed by atoms with Gasteiger partial charge < -0.3 is 4.80 Å². The third-order valence-electron chi connectivity index (χ3n) is 0. The number of hydrogen-bond donors (Lipinski definition) is 1. The summed E-state index contributed by atoms with van der Waals surface area (Å²) in [5, 5.41) is 0. The van der Waals surface area contributed by atoms with Gasteiger partial charge in [-0.3, -0.25) is 0 Å². The van der Waals surface area contributed by atoms with E-state index in [0.717, 1.165) is 0 Å². The van der Waals surface area contributed by atoms with Crippen LogP contribution in [0.1, 0.15) is 1.43 Å². The van der Waals surface area contributed by atoms with Crippen LogP contribution >= 0.6 is 0 Å². The van der Waals surface area contributed by atoms with Crippen molar-refractivity contribution in [3.63, 3.8) is 0 Å². The highest BCUT2D eigenvalue weighted by atomic mass is 28.3. The number of hydrogen-bond acceptors (Lipinski definition) is 1. The van der Waals surface area contributed by atoms with Gasteiger partial charge in [0.15, 0.2) is 9.04 Å². The second-order valence-corrected chi connectivity index (χ2v) is 3.28. The van der Waals surface area contributed by atoms with Crippen LogP contribution in [0.3, 0.4) is 0 Å². The Morgan fingerprint density at radius 3 is 1.75 bits per heavy atom. The SMILES string of the molecule is C[SiH](C)O.[H+]. The van der Waals surface area contributed by atoms with Crippen LogP contribution in [0.25, 0.3) is 0 Å². The van der Waals surface area contributed by atoms with Crippen molar-refractivity contribution in [1.29, 1.82) is 0 Å². The Labute approximate surface area is 29.5 Å². The van der Waals surface area contributed by atoms with Gasteiger partial charge in [0.1, 0.15) is 0 Å². The Morgan fingerprint density at radius 1 is 1.75 bits per heavy atom. The molecule has 0 aliphatic heterocycles. The molecule has 1 N–H and O–H groups in total. The van der Waals surface area contributed by atoms with Gasteiger partial charge in [-0.1, -0.05) is 0 Å². The van der Waals surface area contributed by atoms with Crippen molar-refractivity contribution >= 4 is 9.04 Å². The van der Waals surface area contributed by atoms with Crippen molar-refractivity contribution in [2.75, 3.05) is 0 Å². The first-order chi connectivity index (χ1) is 1.73. The third-order valence-corrected chi connectivity index (χ3v) is 0. The van der Waals surface area contributed by atoms with Crippen molar-refractivity contribution in [3.8, 4) is 0 Å². The van der Waals surface area contributed by atoms with E-state index < -0.39 is 9.04 Å². The zero-order valence-corrected chi connectivity index (χ0v) is 4.18. The van der Waals surface area contributed by atoms with Gasteiger partial charge in [0.25, 0.3) is 0 Å². The number of rotatable bonds is 0. The van der Waals surface area contributed by atoms with E-state index in [9.17, 15) is 0 Å². The highest BCUT2D eigenvalue weighted by molar-refractivity contribution is 6.46. The molecule has 0 unspecified atom stereocenters. The molecule has 0 rings (SSSR count). The van der Waals surface area contributed by atoms with Crippen molar-refractivity contribution in [2.45, 2.75) is 13.1 Å². The molecule has 26 valence electrons. The van der Waals surface area contributed by atoms with Gasteiger partial charge in [-0.15, -0.1) is 0 Å². The molecule has 0 aliphatic rings. The monoisotopic (exact) mass is 77.0 g/mol. The molecule has 0 fully saturated rings. The predicted molar refractivity (Wildman–Crippen MR) is 22.2 cm³/mol. The summed E-state index contributed by atoms with van der Waals surface area (Å²) >= 11 is 0. The average molecular weight is 77.2 g/mol. The zero-order valence-electron chi connectivity index (χ0n) is 4.02. The molecule has 4 heavy (non-hydrogen) atoms. The van der Waals surface area contributed by atoms with Crippen LogP contribution in [-0.2, 0) is 0 Å². The van der Waals surface area contributed by atoms with E-state index in [2.05, 4.69) is 0 Å². The molecule has 0 aromatic carbocycles. The molecular weight excluding hydrogens is 68.1 g/mol. The molecular formula is C2H9OSi+. The standard InChI is InChI=1S/C2H8OSi/c1-4(2)3/h3-4H,1-2H3/p+1.